The first kappa shape index (κ1) is 13.0. The van der Waals surface area contributed by atoms with Crippen molar-refractivity contribution >= 4 is 5.82 Å². The smallest absolute Gasteiger partial charge is 0.226 e. The van der Waals surface area contributed by atoms with Gasteiger partial charge in [-0.2, -0.15) is 4.98 Å². The summed E-state index contributed by atoms with van der Waals surface area (Å²) in [5.41, 5.74) is 0. The van der Waals surface area contributed by atoms with Crippen LogP contribution in [0.5, 0.6) is 0 Å². The second-order valence-electron chi connectivity index (χ2n) is 4.79. The molecule has 106 valence electrons. The zero-order valence-corrected chi connectivity index (χ0v) is 11.6. The van der Waals surface area contributed by atoms with Crippen LogP contribution in [0.2, 0.25) is 0 Å². The van der Waals surface area contributed by atoms with Gasteiger partial charge in [-0.15, -0.1) is 0 Å². The van der Waals surface area contributed by atoms with Crippen LogP contribution in [0.15, 0.2) is 23.1 Å². The van der Waals surface area contributed by atoms with Gasteiger partial charge < -0.3 is 9.42 Å². The third kappa shape index (κ3) is 2.93. The van der Waals surface area contributed by atoms with Gasteiger partial charge in [0.2, 0.25) is 5.89 Å². The summed E-state index contributed by atoms with van der Waals surface area (Å²) in [6, 6.07) is 1.95. The molecule has 1 fully saturated rings. The Hall–Kier alpha value is -2.02. The first-order valence-electron chi connectivity index (χ1n) is 6.90. The molecule has 2 aromatic heterocycles. The SMILES string of the molecule is CCc1nc(CN2CCN(c3ccncn3)CC2)no1. The highest BCUT2D eigenvalue weighted by molar-refractivity contribution is 5.36. The monoisotopic (exact) mass is 274 g/mol. The van der Waals surface area contributed by atoms with Gasteiger partial charge in [0.05, 0.1) is 6.54 Å². The Labute approximate surface area is 117 Å². The van der Waals surface area contributed by atoms with Gasteiger partial charge >= 0.3 is 0 Å². The molecule has 0 N–H and O–H groups in total. The van der Waals surface area contributed by atoms with E-state index in [9.17, 15) is 0 Å². The van der Waals surface area contributed by atoms with Crippen LogP contribution in [0.1, 0.15) is 18.6 Å². The minimum absolute atomic E-state index is 0.708. The van der Waals surface area contributed by atoms with E-state index in [1.54, 1.807) is 12.5 Å². The van der Waals surface area contributed by atoms with Gasteiger partial charge in [0.25, 0.3) is 0 Å². The van der Waals surface area contributed by atoms with Crippen molar-refractivity contribution in [2.75, 3.05) is 31.1 Å². The number of piperazine rings is 1. The first-order chi connectivity index (χ1) is 9.85. The minimum Gasteiger partial charge on any atom is -0.354 e. The molecule has 7 heteroatoms. The first-order valence-corrected chi connectivity index (χ1v) is 6.90. The quantitative estimate of drug-likeness (QED) is 0.814. The van der Waals surface area contributed by atoms with Gasteiger partial charge in [0.1, 0.15) is 12.1 Å². The summed E-state index contributed by atoms with van der Waals surface area (Å²) in [5.74, 6) is 2.48. The van der Waals surface area contributed by atoms with Crippen molar-refractivity contribution in [2.24, 2.45) is 0 Å². The molecule has 3 heterocycles. The second kappa shape index (κ2) is 5.96. The Morgan fingerprint density at radius 2 is 2.10 bits per heavy atom. The lowest BCUT2D eigenvalue weighted by Crippen LogP contribution is -2.46. The van der Waals surface area contributed by atoms with Crippen LogP contribution in [0.4, 0.5) is 5.82 Å². The summed E-state index contributed by atoms with van der Waals surface area (Å²) in [7, 11) is 0. The van der Waals surface area contributed by atoms with E-state index < -0.39 is 0 Å². The van der Waals surface area contributed by atoms with E-state index >= 15 is 0 Å². The average Bonchev–Trinajstić information content (AvgIpc) is 2.97. The average molecular weight is 274 g/mol. The fraction of sp³-hybridized carbons (Fsp3) is 0.538. The van der Waals surface area contributed by atoms with Crippen LogP contribution in [0.3, 0.4) is 0 Å². The molecule has 2 aromatic rings. The lowest BCUT2D eigenvalue weighted by Gasteiger charge is -2.34. The summed E-state index contributed by atoms with van der Waals surface area (Å²) < 4.78 is 5.13. The molecular formula is C13H18N6O. The number of nitrogens with zero attached hydrogens (tertiary/aromatic N) is 6. The maximum atomic E-state index is 5.13. The Balaban J connectivity index is 1.53. The standard InChI is InChI=1S/C13H18N6O/c1-2-13-16-11(17-20-13)9-18-5-7-19(8-6-18)12-3-4-14-10-15-12/h3-4,10H,2,5-9H2,1H3. The van der Waals surface area contributed by atoms with Gasteiger partial charge in [0, 0.05) is 38.8 Å². The molecule has 1 aliphatic heterocycles. The van der Waals surface area contributed by atoms with Crippen molar-refractivity contribution in [2.45, 2.75) is 19.9 Å². The third-order valence-corrected chi connectivity index (χ3v) is 3.44. The van der Waals surface area contributed by atoms with Crippen LogP contribution >= 0.6 is 0 Å². The van der Waals surface area contributed by atoms with Gasteiger partial charge in [-0.25, -0.2) is 9.97 Å². The van der Waals surface area contributed by atoms with E-state index in [4.69, 9.17) is 4.52 Å². The fourth-order valence-electron chi connectivity index (χ4n) is 2.30. The van der Waals surface area contributed by atoms with E-state index in [2.05, 4.69) is 29.9 Å². The van der Waals surface area contributed by atoms with Gasteiger partial charge in [-0.3, -0.25) is 4.90 Å². The number of aryl methyl sites for hydroxylation is 1. The highest BCUT2D eigenvalue weighted by Gasteiger charge is 2.19. The molecule has 0 radical (unpaired) electrons. The number of hydrogen-bond acceptors (Lipinski definition) is 7. The summed E-state index contributed by atoms with van der Waals surface area (Å²) in [6.45, 7) is 6.61. The zero-order valence-electron chi connectivity index (χ0n) is 11.6. The maximum Gasteiger partial charge on any atom is 0.226 e. The molecule has 1 aliphatic rings. The summed E-state index contributed by atoms with van der Waals surface area (Å²) in [4.78, 5) is 17.2. The fourth-order valence-corrected chi connectivity index (χ4v) is 2.30. The normalized spacial score (nSPS) is 16.6. The Morgan fingerprint density at radius 3 is 2.75 bits per heavy atom. The molecule has 0 aromatic carbocycles. The molecule has 20 heavy (non-hydrogen) atoms. The number of hydrogen-bond donors (Lipinski definition) is 0. The number of rotatable bonds is 4. The lowest BCUT2D eigenvalue weighted by atomic mass is 10.3. The minimum atomic E-state index is 0.708. The van der Waals surface area contributed by atoms with Gasteiger partial charge in [0.15, 0.2) is 5.82 Å². The highest BCUT2D eigenvalue weighted by atomic mass is 16.5. The molecule has 0 amide bonds. The molecule has 0 saturated carbocycles. The summed E-state index contributed by atoms with van der Waals surface area (Å²) in [6.07, 6.45) is 4.15. The van der Waals surface area contributed by atoms with Crippen molar-refractivity contribution in [3.63, 3.8) is 0 Å². The molecule has 7 nitrogen and oxygen atoms in total. The van der Waals surface area contributed by atoms with E-state index in [1.165, 1.54) is 0 Å². The molecule has 0 aliphatic carbocycles. The Morgan fingerprint density at radius 1 is 1.25 bits per heavy atom. The molecule has 0 atom stereocenters. The topological polar surface area (TPSA) is 71.2 Å². The molecule has 1 saturated heterocycles. The summed E-state index contributed by atoms with van der Waals surface area (Å²) in [5, 5.41) is 4.00. The summed E-state index contributed by atoms with van der Waals surface area (Å²) >= 11 is 0. The number of anilines is 1. The van der Waals surface area contributed by atoms with Crippen LogP contribution in [-0.2, 0) is 13.0 Å². The largest absolute Gasteiger partial charge is 0.354 e. The third-order valence-electron chi connectivity index (χ3n) is 3.44. The lowest BCUT2D eigenvalue weighted by molar-refractivity contribution is 0.239. The van der Waals surface area contributed by atoms with Crippen molar-refractivity contribution in [1.82, 2.24) is 25.0 Å². The Kier molecular flexibility index (Phi) is 3.87. The maximum absolute atomic E-state index is 5.13. The van der Waals surface area contributed by atoms with E-state index in [1.807, 2.05) is 13.0 Å². The predicted molar refractivity (Wildman–Crippen MR) is 73.2 cm³/mol. The molecule has 0 unspecified atom stereocenters. The second-order valence-corrected chi connectivity index (χ2v) is 4.79. The Bertz CT molecular complexity index is 535. The highest BCUT2D eigenvalue weighted by Crippen LogP contribution is 2.13. The molecule has 3 rings (SSSR count). The van der Waals surface area contributed by atoms with Crippen molar-refractivity contribution in [3.05, 3.63) is 30.3 Å². The molecular weight excluding hydrogens is 256 g/mol. The van der Waals surface area contributed by atoms with Crippen LogP contribution in [0, 0.1) is 0 Å². The van der Waals surface area contributed by atoms with Crippen molar-refractivity contribution < 1.29 is 4.52 Å². The predicted octanol–water partition coefficient (Wildman–Crippen LogP) is 0.744. The van der Waals surface area contributed by atoms with E-state index in [0.717, 1.165) is 50.8 Å². The van der Waals surface area contributed by atoms with Crippen molar-refractivity contribution in [1.29, 1.82) is 0 Å². The van der Waals surface area contributed by atoms with Gasteiger partial charge in [-0.1, -0.05) is 12.1 Å². The van der Waals surface area contributed by atoms with Crippen LogP contribution in [0.25, 0.3) is 0 Å². The van der Waals surface area contributed by atoms with Gasteiger partial charge in [-0.05, 0) is 6.07 Å². The van der Waals surface area contributed by atoms with E-state index in [0.29, 0.717) is 5.89 Å². The van der Waals surface area contributed by atoms with E-state index in [-0.39, 0.29) is 0 Å². The van der Waals surface area contributed by atoms with Crippen LogP contribution in [-0.4, -0.2) is 51.2 Å². The zero-order chi connectivity index (χ0) is 13.8. The van der Waals surface area contributed by atoms with Crippen molar-refractivity contribution in [3.8, 4) is 0 Å². The van der Waals surface area contributed by atoms with Crippen LogP contribution < -0.4 is 4.90 Å². The molecule has 0 spiro atoms. The molecule has 0 bridgehead atoms. The number of aromatic nitrogens is 4.